The maximum Gasteiger partial charge on any atom is 0.330 e. The number of ether oxygens (including phenoxy) is 1. The minimum absolute atomic E-state index is 0.0868. The SMILES string of the molecule is CCOP(=O)(CCCNC(=O)c1c(OCc2ccccc2)c(=O)ccn1N)OCC. The van der Waals surface area contributed by atoms with Crippen molar-refractivity contribution in [2.75, 3.05) is 31.8 Å². The molecule has 2 rings (SSSR count). The van der Waals surface area contributed by atoms with Crippen molar-refractivity contribution in [1.82, 2.24) is 9.99 Å². The number of benzene rings is 1. The summed E-state index contributed by atoms with van der Waals surface area (Å²) in [4.78, 5) is 24.9. The van der Waals surface area contributed by atoms with Crippen LogP contribution in [0.4, 0.5) is 0 Å². The molecule has 3 N–H and O–H groups in total. The zero-order chi connectivity index (χ0) is 22.0. The Balaban J connectivity index is 2.03. The Morgan fingerprint density at radius 3 is 2.43 bits per heavy atom. The Kier molecular flexibility index (Phi) is 9.11. The number of nitrogens with two attached hydrogens (primary N) is 1. The fourth-order valence-electron chi connectivity index (χ4n) is 2.74. The van der Waals surface area contributed by atoms with E-state index in [1.165, 1.54) is 12.3 Å². The van der Waals surface area contributed by atoms with Gasteiger partial charge in [0.1, 0.15) is 6.61 Å². The molecule has 1 amide bonds. The third-order valence-electron chi connectivity index (χ3n) is 4.07. The lowest BCUT2D eigenvalue weighted by atomic mass is 10.2. The summed E-state index contributed by atoms with van der Waals surface area (Å²) in [6.45, 7) is 4.33. The highest BCUT2D eigenvalue weighted by Crippen LogP contribution is 2.48. The lowest BCUT2D eigenvalue weighted by molar-refractivity contribution is 0.0939. The van der Waals surface area contributed by atoms with Gasteiger partial charge in [-0.3, -0.25) is 18.8 Å². The van der Waals surface area contributed by atoms with E-state index in [0.29, 0.717) is 6.42 Å². The fraction of sp³-hybridized carbons (Fsp3) is 0.400. The van der Waals surface area contributed by atoms with Gasteiger partial charge in [0.15, 0.2) is 11.4 Å². The molecule has 0 saturated carbocycles. The minimum Gasteiger partial charge on any atom is -0.482 e. The smallest absolute Gasteiger partial charge is 0.330 e. The molecule has 0 saturated heterocycles. The van der Waals surface area contributed by atoms with E-state index in [9.17, 15) is 14.2 Å². The Morgan fingerprint density at radius 1 is 1.13 bits per heavy atom. The summed E-state index contributed by atoms with van der Waals surface area (Å²) in [5.74, 6) is 5.17. The summed E-state index contributed by atoms with van der Waals surface area (Å²) in [6.07, 6.45) is 1.83. The molecule has 0 spiro atoms. The Morgan fingerprint density at radius 2 is 1.80 bits per heavy atom. The number of nitrogen functional groups attached to an aromatic ring is 1. The number of hydrogen-bond acceptors (Lipinski definition) is 7. The summed E-state index contributed by atoms with van der Waals surface area (Å²) in [6, 6.07) is 10.5. The molecule has 9 nitrogen and oxygen atoms in total. The molecule has 0 aliphatic heterocycles. The van der Waals surface area contributed by atoms with Crippen LogP contribution in [0.1, 0.15) is 36.3 Å². The summed E-state index contributed by atoms with van der Waals surface area (Å²) in [5, 5.41) is 2.67. The van der Waals surface area contributed by atoms with Crippen LogP contribution in [0.15, 0.2) is 47.4 Å². The van der Waals surface area contributed by atoms with Gasteiger partial charge in [-0.1, -0.05) is 30.3 Å². The zero-order valence-corrected chi connectivity index (χ0v) is 18.1. The van der Waals surface area contributed by atoms with Crippen molar-refractivity contribution >= 4 is 13.5 Å². The molecule has 164 valence electrons. The first-order valence-corrected chi connectivity index (χ1v) is 11.5. The van der Waals surface area contributed by atoms with Gasteiger partial charge in [-0.05, 0) is 25.8 Å². The molecule has 30 heavy (non-hydrogen) atoms. The predicted molar refractivity (Wildman–Crippen MR) is 114 cm³/mol. The van der Waals surface area contributed by atoms with Crippen molar-refractivity contribution in [3.05, 3.63) is 64.1 Å². The number of hydrogen-bond donors (Lipinski definition) is 2. The monoisotopic (exact) mass is 437 g/mol. The highest BCUT2D eigenvalue weighted by Gasteiger charge is 2.23. The molecule has 1 heterocycles. The molecule has 0 unspecified atom stereocenters. The van der Waals surface area contributed by atoms with Gasteiger partial charge in [0.05, 0.1) is 19.4 Å². The van der Waals surface area contributed by atoms with E-state index in [1.54, 1.807) is 13.8 Å². The van der Waals surface area contributed by atoms with Gasteiger partial charge in [-0.2, -0.15) is 0 Å². The van der Waals surface area contributed by atoms with Crippen molar-refractivity contribution in [2.45, 2.75) is 26.9 Å². The third kappa shape index (κ3) is 6.73. The highest BCUT2D eigenvalue weighted by molar-refractivity contribution is 7.53. The molecule has 0 aliphatic rings. The molecular formula is C20H28N3O6P. The summed E-state index contributed by atoms with van der Waals surface area (Å²) < 4.78 is 29.6. The van der Waals surface area contributed by atoms with Gasteiger partial charge < -0.3 is 24.9 Å². The lowest BCUT2D eigenvalue weighted by Gasteiger charge is -2.17. The quantitative estimate of drug-likeness (QED) is 0.297. The van der Waals surface area contributed by atoms with Crippen molar-refractivity contribution in [3.63, 3.8) is 0 Å². The van der Waals surface area contributed by atoms with Gasteiger partial charge in [-0.25, -0.2) is 0 Å². The van der Waals surface area contributed by atoms with Crippen molar-refractivity contribution in [3.8, 4) is 5.75 Å². The molecule has 1 aromatic carbocycles. The van der Waals surface area contributed by atoms with Gasteiger partial charge in [-0.15, -0.1) is 0 Å². The van der Waals surface area contributed by atoms with E-state index in [2.05, 4.69) is 5.32 Å². The van der Waals surface area contributed by atoms with Crippen LogP contribution in [-0.4, -0.2) is 36.5 Å². The molecule has 10 heteroatoms. The second-order valence-electron chi connectivity index (χ2n) is 6.32. The Hall–Kier alpha value is -2.61. The third-order valence-corrected chi connectivity index (χ3v) is 6.24. The zero-order valence-electron chi connectivity index (χ0n) is 17.2. The molecule has 1 aromatic heterocycles. The first kappa shape index (κ1) is 23.7. The van der Waals surface area contributed by atoms with Crippen LogP contribution in [-0.2, 0) is 20.2 Å². The normalized spacial score (nSPS) is 11.3. The first-order chi connectivity index (χ1) is 14.4. The molecule has 0 atom stereocenters. The number of pyridine rings is 1. The van der Waals surface area contributed by atoms with Crippen LogP contribution >= 0.6 is 7.60 Å². The maximum atomic E-state index is 12.7. The van der Waals surface area contributed by atoms with Gasteiger partial charge in [0, 0.05) is 18.8 Å². The van der Waals surface area contributed by atoms with Crippen molar-refractivity contribution in [2.24, 2.45) is 0 Å². The topological polar surface area (TPSA) is 122 Å². The van der Waals surface area contributed by atoms with Crippen molar-refractivity contribution in [1.29, 1.82) is 0 Å². The standard InChI is InChI=1S/C20H28N3O6P/c1-3-28-30(26,29-4-2)14-8-12-22-20(25)18-19(17(24)11-13-23(18)21)27-15-16-9-6-5-7-10-16/h5-7,9-11,13H,3-4,8,12,14-15,21H2,1-2H3,(H,22,25). The van der Waals surface area contributed by atoms with Gasteiger partial charge in [0.2, 0.25) is 5.43 Å². The van der Waals surface area contributed by atoms with Gasteiger partial charge >= 0.3 is 7.60 Å². The van der Waals surface area contributed by atoms with E-state index in [4.69, 9.17) is 19.6 Å². The molecule has 0 radical (unpaired) electrons. The first-order valence-electron chi connectivity index (χ1n) is 9.74. The maximum absolute atomic E-state index is 12.7. The Bertz CT molecular complexity index is 922. The number of carbonyl (C=O) groups is 1. The van der Waals surface area contributed by atoms with E-state index < -0.39 is 18.9 Å². The van der Waals surface area contributed by atoms with Crippen LogP contribution in [0.5, 0.6) is 5.75 Å². The molecule has 2 aromatic rings. The van der Waals surface area contributed by atoms with Crippen LogP contribution in [0.25, 0.3) is 0 Å². The average Bonchev–Trinajstić information content (AvgIpc) is 2.72. The molecule has 0 bridgehead atoms. The second-order valence-corrected chi connectivity index (χ2v) is 8.50. The minimum atomic E-state index is -3.18. The lowest BCUT2D eigenvalue weighted by Crippen LogP contribution is -2.33. The largest absolute Gasteiger partial charge is 0.482 e. The van der Waals surface area contributed by atoms with E-state index in [1.807, 2.05) is 30.3 Å². The number of carbonyl (C=O) groups excluding carboxylic acids is 1. The highest BCUT2D eigenvalue weighted by atomic mass is 31.2. The molecule has 0 aliphatic carbocycles. The van der Waals surface area contributed by atoms with E-state index >= 15 is 0 Å². The van der Waals surface area contributed by atoms with Crippen LogP contribution in [0, 0.1) is 0 Å². The average molecular weight is 437 g/mol. The van der Waals surface area contributed by atoms with Crippen LogP contribution in [0.2, 0.25) is 0 Å². The number of aromatic nitrogens is 1. The molecule has 0 fully saturated rings. The number of nitrogens with one attached hydrogen (secondary N) is 1. The summed E-state index contributed by atoms with van der Waals surface area (Å²) in [5.41, 5.74) is 0.310. The fourth-order valence-corrected chi connectivity index (χ4v) is 4.40. The summed E-state index contributed by atoms with van der Waals surface area (Å²) in [7, 11) is -3.18. The number of nitrogens with zero attached hydrogens (tertiary/aromatic N) is 1. The van der Waals surface area contributed by atoms with Crippen molar-refractivity contribution < 1.29 is 23.1 Å². The number of amides is 1. The van der Waals surface area contributed by atoms with Gasteiger partial charge in [0.25, 0.3) is 5.91 Å². The number of rotatable bonds is 12. The Labute approximate surface area is 175 Å². The van der Waals surface area contributed by atoms with Crippen LogP contribution in [0.3, 0.4) is 0 Å². The van der Waals surface area contributed by atoms with Crippen LogP contribution < -0.4 is 21.3 Å². The predicted octanol–water partition coefficient (Wildman–Crippen LogP) is 2.53. The van der Waals surface area contributed by atoms with E-state index in [-0.39, 0.29) is 44.0 Å². The molecular weight excluding hydrogens is 409 g/mol. The summed E-state index contributed by atoms with van der Waals surface area (Å²) >= 11 is 0. The second kappa shape index (κ2) is 11.5. The van der Waals surface area contributed by atoms with E-state index in [0.717, 1.165) is 10.2 Å².